The monoisotopic (exact) mass is 754 g/mol. The van der Waals surface area contributed by atoms with E-state index in [4.69, 9.17) is 30.8 Å². The molecule has 53 heavy (non-hydrogen) atoms. The van der Waals surface area contributed by atoms with Gasteiger partial charge in [0.2, 0.25) is 23.5 Å². The molecule has 1 aromatic carbocycles. The van der Waals surface area contributed by atoms with Gasteiger partial charge in [-0.1, -0.05) is 35.9 Å². The maximum atomic E-state index is 14.4. The molecule has 15 heteroatoms. The lowest BCUT2D eigenvalue weighted by atomic mass is 9.85. The fraction of sp³-hybridized carbons (Fsp3) is 0.421. The standard InChI is InChI=1S/C38H42ClF3N6O5/c1-21(49)17-43-19-23-16-29(38(40,41)42)37(48-36(23)52-3)53-31-9-5-6-25-26(31)7-4-8-27(25)34-33(39)28(14-15-45-34)30-12-10-22(35(47-30)51-2)18-44-20-24-11-13-32(50)46-24/h4,7-8,10,12,14-16,21,24,31,43-44,49H,5-6,9,11,13,17-20H2,1-3H3,(H,46,50)/t21-,24+,31-/m0/s1. The largest absolute Gasteiger partial charge is 0.481 e. The van der Waals surface area contributed by atoms with Gasteiger partial charge in [-0.2, -0.15) is 18.2 Å². The second kappa shape index (κ2) is 16.7. The summed E-state index contributed by atoms with van der Waals surface area (Å²) in [5.41, 5.74) is 4.09. The molecule has 3 atom stereocenters. The minimum atomic E-state index is -4.75. The number of hydrogen-bond acceptors (Lipinski definition) is 10. The summed E-state index contributed by atoms with van der Waals surface area (Å²) in [7, 11) is 2.89. The van der Waals surface area contributed by atoms with E-state index in [1.165, 1.54) is 7.11 Å². The van der Waals surface area contributed by atoms with Crippen LogP contribution in [0.3, 0.4) is 0 Å². The number of alkyl halides is 3. The van der Waals surface area contributed by atoms with Crippen LogP contribution < -0.4 is 30.2 Å². The molecule has 2 aliphatic rings. The van der Waals surface area contributed by atoms with Crippen LogP contribution >= 0.6 is 11.6 Å². The van der Waals surface area contributed by atoms with Crippen LogP contribution in [-0.2, 0) is 30.5 Å². The summed E-state index contributed by atoms with van der Waals surface area (Å²) in [5.74, 6) is -0.0718. The van der Waals surface area contributed by atoms with Gasteiger partial charge in [-0.15, -0.1) is 0 Å². The summed E-state index contributed by atoms with van der Waals surface area (Å²) < 4.78 is 60.3. The lowest BCUT2D eigenvalue weighted by Crippen LogP contribution is -2.35. The molecule has 1 amide bonds. The average Bonchev–Trinajstić information content (AvgIpc) is 3.56. The second-order valence-corrected chi connectivity index (χ2v) is 13.6. The smallest absolute Gasteiger partial charge is 0.421 e. The van der Waals surface area contributed by atoms with Crippen molar-refractivity contribution in [1.29, 1.82) is 0 Å². The number of nitrogens with one attached hydrogen (secondary N) is 3. The van der Waals surface area contributed by atoms with Gasteiger partial charge in [-0.05, 0) is 61.9 Å². The van der Waals surface area contributed by atoms with E-state index >= 15 is 0 Å². The Morgan fingerprint density at radius 3 is 2.47 bits per heavy atom. The maximum absolute atomic E-state index is 14.4. The number of hydrogen-bond donors (Lipinski definition) is 4. The number of carbonyl (C=O) groups excluding carboxylic acids is 1. The van der Waals surface area contributed by atoms with Crippen molar-refractivity contribution in [1.82, 2.24) is 30.9 Å². The first-order valence-electron chi connectivity index (χ1n) is 17.5. The Kier molecular flexibility index (Phi) is 12.0. The number of halogens is 4. The van der Waals surface area contributed by atoms with E-state index in [0.29, 0.717) is 66.6 Å². The van der Waals surface area contributed by atoms with E-state index in [2.05, 4.69) is 25.9 Å². The van der Waals surface area contributed by atoms with E-state index in [0.717, 1.165) is 34.7 Å². The molecule has 0 bridgehead atoms. The van der Waals surface area contributed by atoms with Crippen molar-refractivity contribution in [2.24, 2.45) is 0 Å². The molecule has 0 spiro atoms. The third-order valence-electron chi connectivity index (χ3n) is 9.33. The SMILES string of the molecule is COc1nc(-c2ccnc(-c3cccc4c3CCC[C@@H]4Oc3nc(OC)c(CNC[C@H](C)O)cc3C(F)(F)F)c2Cl)ccc1CNC[C@H]1CCC(=O)N1. The summed E-state index contributed by atoms with van der Waals surface area (Å²) in [6.07, 6.45) is -1.41. The van der Waals surface area contributed by atoms with Gasteiger partial charge >= 0.3 is 6.18 Å². The number of aromatic nitrogens is 3. The van der Waals surface area contributed by atoms with Crippen molar-refractivity contribution in [3.63, 3.8) is 0 Å². The number of amides is 1. The molecule has 1 saturated heterocycles. The molecule has 1 aliphatic heterocycles. The van der Waals surface area contributed by atoms with Crippen molar-refractivity contribution in [3.8, 4) is 40.2 Å². The Labute approximate surface area is 310 Å². The molecule has 4 N–H and O–H groups in total. The molecule has 1 aliphatic carbocycles. The van der Waals surface area contributed by atoms with Gasteiger partial charge in [0, 0.05) is 67.1 Å². The molecule has 3 aromatic heterocycles. The third-order valence-corrected chi connectivity index (χ3v) is 9.71. The summed E-state index contributed by atoms with van der Waals surface area (Å²) in [6, 6.07) is 12.2. The highest BCUT2D eigenvalue weighted by Crippen LogP contribution is 2.44. The van der Waals surface area contributed by atoms with Gasteiger partial charge in [-0.3, -0.25) is 9.78 Å². The van der Waals surface area contributed by atoms with Crippen LogP contribution in [0.15, 0.2) is 48.7 Å². The summed E-state index contributed by atoms with van der Waals surface area (Å²) in [6.45, 7) is 2.90. The first-order valence-corrected chi connectivity index (χ1v) is 17.9. The molecule has 1 fully saturated rings. The van der Waals surface area contributed by atoms with Gasteiger partial charge in [0.1, 0.15) is 11.7 Å². The van der Waals surface area contributed by atoms with Crippen LogP contribution in [0.4, 0.5) is 13.2 Å². The van der Waals surface area contributed by atoms with Gasteiger partial charge in [0.05, 0.1) is 36.7 Å². The van der Waals surface area contributed by atoms with Crippen LogP contribution in [0.1, 0.15) is 66.5 Å². The van der Waals surface area contributed by atoms with E-state index in [1.54, 1.807) is 26.3 Å². The minimum Gasteiger partial charge on any atom is -0.481 e. The first-order chi connectivity index (χ1) is 25.5. The number of ether oxygens (including phenoxy) is 3. The average molecular weight is 755 g/mol. The van der Waals surface area contributed by atoms with Gasteiger partial charge in [0.15, 0.2) is 0 Å². The highest BCUT2D eigenvalue weighted by Gasteiger charge is 2.38. The van der Waals surface area contributed by atoms with Crippen LogP contribution in [0.25, 0.3) is 22.5 Å². The summed E-state index contributed by atoms with van der Waals surface area (Å²) in [5, 5.41) is 19.2. The number of aliphatic hydroxyl groups excluding tert-OH is 1. The number of aliphatic hydroxyl groups is 1. The number of fused-ring (bicyclic) bond motifs is 1. The normalized spacial score (nSPS) is 17.6. The van der Waals surface area contributed by atoms with Crippen molar-refractivity contribution >= 4 is 17.5 Å². The molecule has 0 saturated carbocycles. The fourth-order valence-corrected chi connectivity index (χ4v) is 7.10. The number of methoxy groups -OCH3 is 2. The Bertz CT molecular complexity index is 1950. The molecule has 0 unspecified atom stereocenters. The Morgan fingerprint density at radius 1 is 0.981 bits per heavy atom. The lowest BCUT2D eigenvalue weighted by molar-refractivity contribution is -0.139. The molecule has 6 rings (SSSR count). The number of carbonyl (C=O) groups is 1. The zero-order valence-electron chi connectivity index (χ0n) is 29.6. The number of benzene rings is 1. The van der Waals surface area contributed by atoms with Crippen molar-refractivity contribution in [2.45, 2.75) is 76.5 Å². The molecule has 282 valence electrons. The molecule has 4 heterocycles. The molecular weight excluding hydrogens is 713 g/mol. The van der Waals surface area contributed by atoms with Crippen LogP contribution in [-0.4, -0.2) is 65.4 Å². The van der Waals surface area contributed by atoms with Gasteiger partial charge < -0.3 is 35.3 Å². The highest BCUT2D eigenvalue weighted by molar-refractivity contribution is 6.35. The quantitative estimate of drug-likeness (QED) is 0.118. The predicted octanol–water partition coefficient (Wildman–Crippen LogP) is 6.19. The number of pyridine rings is 3. The van der Waals surface area contributed by atoms with E-state index in [-0.39, 0.29) is 36.5 Å². The summed E-state index contributed by atoms with van der Waals surface area (Å²) >= 11 is 7.07. The summed E-state index contributed by atoms with van der Waals surface area (Å²) in [4.78, 5) is 25.1. The number of rotatable bonds is 14. The first kappa shape index (κ1) is 38.2. The van der Waals surface area contributed by atoms with Gasteiger partial charge in [-0.25, -0.2) is 4.98 Å². The second-order valence-electron chi connectivity index (χ2n) is 13.2. The molecular formula is C38H42ClF3N6O5. The van der Waals surface area contributed by atoms with Crippen molar-refractivity contribution in [3.05, 3.63) is 81.5 Å². The van der Waals surface area contributed by atoms with Crippen LogP contribution in [0, 0.1) is 0 Å². The Hall–Kier alpha value is -4.50. The van der Waals surface area contributed by atoms with Crippen molar-refractivity contribution in [2.75, 3.05) is 27.3 Å². The lowest BCUT2D eigenvalue weighted by Gasteiger charge is -2.29. The number of nitrogens with zero attached hydrogens (tertiary/aromatic N) is 3. The zero-order valence-corrected chi connectivity index (χ0v) is 30.4. The highest BCUT2D eigenvalue weighted by atomic mass is 35.5. The predicted molar refractivity (Wildman–Crippen MR) is 193 cm³/mol. The minimum absolute atomic E-state index is 0.00252. The zero-order chi connectivity index (χ0) is 37.7. The maximum Gasteiger partial charge on any atom is 0.421 e. The van der Waals surface area contributed by atoms with E-state index in [9.17, 15) is 23.1 Å². The molecule has 0 radical (unpaired) electrons. The topological polar surface area (TPSA) is 140 Å². The molecule has 11 nitrogen and oxygen atoms in total. The van der Waals surface area contributed by atoms with Crippen LogP contribution in [0.2, 0.25) is 5.02 Å². The third kappa shape index (κ3) is 8.84. The van der Waals surface area contributed by atoms with E-state index < -0.39 is 29.8 Å². The van der Waals surface area contributed by atoms with Gasteiger partial charge in [0.25, 0.3) is 0 Å². The Morgan fingerprint density at radius 2 is 1.75 bits per heavy atom. The van der Waals surface area contributed by atoms with Crippen molar-refractivity contribution < 1.29 is 37.3 Å². The van der Waals surface area contributed by atoms with Crippen LogP contribution in [0.5, 0.6) is 17.6 Å². The van der Waals surface area contributed by atoms with E-state index in [1.807, 2.05) is 30.3 Å². The Balaban J connectivity index is 1.27. The molecule has 4 aromatic rings. The fourth-order valence-electron chi connectivity index (χ4n) is 6.79.